The fourth-order valence-electron chi connectivity index (χ4n) is 3.61. The molecule has 2 heterocycles. The molecule has 0 unspecified atom stereocenters. The first-order valence-corrected chi connectivity index (χ1v) is 9.51. The predicted molar refractivity (Wildman–Crippen MR) is 113 cm³/mol. The number of nitrogens with zero attached hydrogens (tertiary/aromatic N) is 2. The molecule has 0 atom stereocenters. The van der Waals surface area contributed by atoms with Crippen LogP contribution in [0.15, 0.2) is 89.5 Å². The van der Waals surface area contributed by atoms with Crippen LogP contribution < -0.4 is 5.32 Å². The molecule has 5 heteroatoms. The quantitative estimate of drug-likeness (QED) is 0.477. The highest BCUT2D eigenvalue weighted by atomic mass is 16.3. The van der Waals surface area contributed by atoms with E-state index in [2.05, 4.69) is 46.3 Å². The molecule has 0 bridgehead atoms. The molecule has 2 aromatic heterocycles. The fraction of sp³-hybridized carbons (Fsp3) is 0.0833. The summed E-state index contributed by atoms with van der Waals surface area (Å²) in [6.07, 6.45) is 1.49. The molecular formula is C24H19N3O2. The lowest BCUT2D eigenvalue weighted by Gasteiger charge is -2.11. The van der Waals surface area contributed by atoms with E-state index in [1.165, 1.54) is 22.6 Å². The number of nitrogens with one attached hydrogen (secondary N) is 1. The first-order valence-electron chi connectivity index (χ1n) is 9.51. The van der Waals surface area contributed by atoms with Gasteiger partial charge in [-0.2, -0.15) is 0 Å². The average Bonchev–Trinajstić information content (AvgIpc) is 3.41. The van der Waals surface area contributed by atoms with E-state index < -0.39 is 0 Å². The molecule has 0 spiro atoms. The van der Waals surface area contributed by atoms with Crippen LogP contribution in [0, 0.1) is 0 Å². The summed E-state index contributed by atoms with van der Waals surface area (Å²) in [5.41, 5.74) is 3.14. The van der Waals surface area contributed by atoms with Crippen LogP contribution in [-0.4, -0.2) is 15.5 Å². The highest BCUT2D eigenvalue weighted by Gasteiger charge is 2.14. The molecule has 1 amide bonds. The van der Waals surface area contributed by atoms with Gasteiger partial charge in [0, 0.05) is 6.54 Å². The minimum absolute atomic E-state index is 0.251. The summed E-state index contributed by atoms with van der Waals surface area (Å²) in [6.45, 7) is 0.999. The molecule has 0 aliphatic rings. The second kappa shape index (κ2) is 7.28. The van der Waals surface area contributed by atoms with Gasteiger partial charge in [-0.25, -0.2) is 4.98 Å². The number of fused-ring (bicyclic) bond motifs is 2. The van der Waals surface area contributed by atoms with Crippen molar-refractivity contribution in [2.75, 3.05) is 0 Å². The van der Waals surface area contributed by atoms with Gasteiger partial charge in [0.05, 0.1) is 23.8 Å². The summed E-state index contributed by atoms with van der Waals surface area (Å²) in [7, 11) is 0. The van der Waals surface area contributed by atoms with E-state index >= 15 is 0 Å². The van der Waals surface area contributed by atoms with Crippen LogP contribution in [0.5, 0.6) is 0 Å². The van der Waals surface area contributed by atoms with Gasteiger partial charge in [-0.1, -0.05) is 48.5 Å². The number of rotatable bonds is 5. The normalized spacial score (nSPS) is 11.2. The third kappa shape index (κ3) is 3.38. The third-order valence-electron chi connectivity index (χ3n) is 5.04. The van der Waals surface area contributed by atoms with Crippen molar-refractivity contribution in [3.05, 3.63) is 102 Å². The molecule has 29 heavy (non-hydrogen) atoms. The molecule has 0 saturated carbocycles. The molecule has 1 N–H and O–H groups in total. The molecule has 0 saturated heterocycles. The van der Waals surface area contributed by atoms with Gasteiger partial charge in [-0.15, -0.1) is 0 Å². The number of imidazole rings is 1. The van der Waals surface area contributed by atoms with Crippen molar-refractivity contribution < 1.29 is 9.21 Å². The first kappa shape index (κ1) is 17.3. The molecule has 0 radical (unpaired) electrons. The summed E-state index contributed by atoms with van der Waals surface area (Å²) < 4.78 is 7.32. The summed E-state index contributed by atoms with van der Waals surface area (Å²) in [5.74, 6) is 0.848. The first-order chi connectivity index (χ1) is 14.3. The van der Waals surface area contributed by atoms with E-state index in [9.17, 15) is 4.79 Å². The van der Waals surface area contributed by atoms with E-state index in [0.717, 1.165) is 16.9 Å². The number of hydrogen-bond acceptors (Lipinski definition) is 3. The van der Waals surface area contributed by atoms with Gasteiger partial charge < -0.3 is 14.3 Å². The maximum Gasteiger partial charge on any atom is 0.287 e. The number of carbonyl (C=O) groups is 1. The molecule has 5 nitrogen and oxygen atoms in total. The molecule has 0 fully saturated rings. The number of aromatic nitrogens is 2. The Kier molecular flexibility index (Phi) is 4.33. The van der Waals surface area contributed by atoms with Crippen molar-refractivity contribution in [3.63, 3.8) is 0 Å². The molecule has 142 valence electrons. The number of hydrogen-bond donors (Lipinski definition) is 1. The van der Waals surface area contributed by atoms with Crippen LogP contribution in [0.4, 0.5) is 0 Å². The Labute approximate surface area is 167 Å². The van der Waals surface area contributed by atoms with Gasteiger partial charge in [0.2, 0.25) is 0 Å². The standard InChI is InChI=1S/C24H19N3O2/c28-24(22-10-5-13-29-22)25-15-23-26-20-8-3-4-9-21(20)27(23)16-17-11-12-18-6-1-2-7-19(18)14-17/h1-14H,15-16H2,(H,25,28). The number of furan rings is 1. The Balaban J connectivity index is 1.47. The maximum absolute atomic E-state index is 12.3. The Morgan fingerprint density at radius 3 is 2.62 bits per heavy atom. The van der Waals surface area contributed by atoms with Gasteiger partial charge in [0.1, 0.15) is 5.82 Å². The minimum Gasteiger partial charge on any atom is -0.459 e. The molecule has 0 aliphatic heterocycles. The molecule has 3 aromatic carbocycles. The lowest BCUT2D eigenvalue weighted by molar-refractivity contribution is 0.0922. The second-order valence-corrected chi connectivity index (χ2v) is 6.94. The number of benzene rings is 3. The van der Waals surface area contributed by atoms with Crippen LogP contribution >= 0.6 is 0 Å². The van der Waals surface area contributed by atoms with Crippen molar-refractivity contribution in [2.45, 2.75) is 13.1 Å². The Bertz CT molecular complexity index is 1300. The number of carbonyl (C=O) groups excluding carboxylic acids is 1. The van der Waals surface area contributed by atoms with E-state index in [4.69, 9.17) is 9.40 Å². The van der Waals surface area contributed by atoms with Gasteiger partial charge >= 0.3 is 0 Å². The SMILES string of the molecule is O=C(NCc1nc2ccccc2n1Cc1ccc2ccccc2c1)c1ccco1. The lowest BCUT2D eigenvalue weighted by Crippen LogP contribution is -2.24. The van der Waals surface area contributed by atoms with Gasteiger partial charge in [0.25, 0.3) is 5.91 Å². The van der Waals surface area contributed by atoms with Crippen molar-refractivity contribution >= 4 is 27.7 Å². The average molecular weight is 381 g/mol. The number of para-hydroxylation sites is 2. The number of amides is 1. The zero-order valence-corrected chi connectivity index (χ0v) is 15.7. The zero-order chi connectivity index (χ0) is 19.6. The Morgan fingerprint density at radius 2 is 1.76 bits per heavy atom. The predicted octanol–water partition coefficient (Wildman–Crippen LogP) is 4.76. The second-order valence-electron chi connectivity index (χ2n) is 6.94. The molecular weight excluding hydrogens is 362 g/mol. The van der Waals surface area contributed by atoms with Crippen LogP contribution in [-0.2, 0) is 13.1 Å². The van der Waals surface area contributed by atoms with Crippen molar-refractivity contribution in [1.29, 1.82) is 0 Å². The molecule has 5 rings (SSSR count). The smallest absolute Gasteiger partial charge is 0.287 e. The zero-order valence-electron chi connectivity index (χ0n) is 15.7. The lowest BCUT2D eigenvalue weighted by atomic mass is 10.1. The Hall–Kier alpha value is -3.86. The van der Waals surface area contributed by atoms with Crippen molar-refractivity contribution in [3.8, 4) is 0 Å². The highest BCUT2D eigenvalue weighted by Crippen LogP contribution is 2.21. The highest BCUT2D eigenvalue weighted by molar-refractivity contribution is 5.91. The van der Waals surface area contributed by atoms with Crippen LogP contribution in [0.25, 0.3) is 21.8 Å². The van der Waals surface area contributed by atoms with E-state index in [1.807, 2.05) is 30.3 Å². The summed E-state index contributed by atoms with van der Waals surface area (Å²) >= 11 is 0. The van der Waals surface area contributed by atoms with Gasteiger partial charge in [-0.05, 0) is 46.7 Å². The summed E-state index contributed by atoms with van der Waals surface area (Å²) in [5, 5.41) is 5.33. The van der Waals surface area contributed by atoms with Crippen LogP contribution in [0.2, 0.25) is 0 Å². The van der Waals surface area contributed by atoms with Crippen molar-refractivity contribution in [1.82, 2.24) is 14.9 Å². The molecule has 5 aromatic rings. The van der Waals surface area contributed by atoms with E-state index in [1.54, 1.807) is 12.1 Å². The van der Waals surface area contributed by atoms with Crippen molar-refractivity contribution in [2.24, 2.45) is 0 Å². The van der Waals surface area contributed by atoms with Crippen LogP contribution in [0.3, 0.4) is 0 Å². The monoisotopic (exact) mass is 381 g/mol. The summed E-state index contributed by atoms with van der Waals surface area (Å²) in [4.78, 5) is 17.0. The fourth-order valence-corrected chi connectivity index (χ4v) is 3.61. The van der Waals surface area contributed by atoms with Crippen LogP contribution in [0.1, 0.15) is 21.9 Å². The van der Waals surface area contributed by atoms with E-state index in [-0.39, 0.29) is 5.91 Å². The van der Waals surface area contributed by atoms with Gasteiger partial charge in [-0.3, -0.25) is 4.79 Å². The largest absolute Gasteiger partial charge is 0.459 e. The Morgan fingerprint density at radius 1 is 0.931 bits per heavy atom. The maximum atomic E-state index is 12.3. The topological polar surface area (TPSA) is 60.1 Å². The summed E-state index contributed by atoms with van der Waals surface area (Å²) in [6, 6.07) is 26.2. The van der Waals surface area contributed by atoms with E-state index in [0.29, 0.717) is 18.8 Å². The van der Waals surface area contributed by atoms with Gasteiger partial charge in [0.15, 0.2) is 5.76 Å². The minimum atomic E-state index is -0.251. The third-order valence-corrected chi connectivity index (χ3v) is 5.04. The molecule has 0 aliphatic carbocycles.